The lowest BCUT2D eigenvalue weighted by molar-refractivity contribution is 0.0997. The zero-order chi connectivity index (χ0) is 16.6. The smallest absolute Gasteiger partial charge is 0.330 e. The van der Waals surface area contributed by atoms with E-state index in [2.05, 4.69) is 25.2 Å². The van der Waals surface area contributed by atoms with E-state index >= 15 is 0 Å². The molecule has 126 valence electrons. The molecule has 7 heteroatoms. The molecule has 1 aromatic carbocycles. The normalized spacial score (nSPS) is 16.3. The van der Waals surface area contributed by atoms with Crippen molar-refractivity contribution in [1.82, 2.24) is 0 Å². The molecule has 2 atom stereocenters. The van der Waals surface area contributed by atoms with Gasteiger partial charge in [0.05, 0.1) is 12.7 Å². The molecule has 1 aromatic rings. The lowest BCUT2D eigenvalue weighted by Crippen LogP contribution is -2.57. The molecule has 0 aromatic heterocycles. The minimum Gasteiger partial charge on any atom is -0.432 e. The second-order valence-corrected chi connectivity index (χ2v) is 13.5. The average Bonchev–Trinajstić information content (AvgIpc) is 2.53. The minimum absolute atomic E-state index is 0.0595. The first-order valence-electron chi connectivity index (χ1n) is 7.60. The maximum absolute atomic E-state index is 9.87. The van der Waals surface area contributed by atoms with Crippen molar-refractivity contribution in [3.05, 3.63) is 30.3 Å². The van der Waals surface area contributed by atoms with Crippen LogP contribution in [0.1, 0.15) is 6.42 Å². The Bertz CT molecular complexity index is 429. The Morgan fingerprint density at radius 3 is 2.27 bits per heavy atom. The Hall–Kier alpha value is -0.546. The van der Waals surface area contributed by atoms with Gasteiger partial charge in [0.25, 0.3) is 0 Å². The summed E-state index contributed by atoms with van der Waals surface area (Å²) in [5, 5.41) is 29.3. The summed E-state index contributed by atoms with van der Waals surface area (Å²) >= 11 is 0. The average molecular weight is 345 g/mol. The molecule has 1 rings (SSSR count). The SMILES string of the molecule is CO[Si](CCCO)(CC(O)CO)O[Si](C)(C)c1ccccc1. The first kappa shape index (κ1) is 19.5. The van der Waals surface area contributed by atoms with Crippen molar-refractivity contribution in [3.63, 3.8) is 0 Å². The predicted molar refractivity (Wildman–Crippen MR) is 91.8 cm³/mol. The second-order valence-electron chi connectivity index (χ2n) is 5.96. The van der Waals surface area contributed by atoms with Crippen LogP contribution in [0.4, 0.5) is 0 Å². The van der Waals surface area contributed by atoms with Crippen molar-refractivity contribution < 1.29 is 23.9 Å². The van der Waals surface area contributed by atoms with Gasteiger partial charge in [-0.3, -0.25) is 0 Å². The van der Waals surface area contributed by atoms with Crippen molar-refractivity contribution in [2.24, 2.45) is 0 Å². The molecule has 0 aliphatic heterocycles. The van der Waals surface area contributed by atoms with E-state index in [4.69, 9.17) is 18.8 Å². The Labute approximate surface area is 134 Å². The molecule has 22 heavy (non-hydrogen) atoms. The summed E-state index contributed by atoms with van der Waals surface area (Å²) in [7, 11) is -3.30. The molecule has 0 bridgehead atoms. The van der Waals surface area contributed by atoms with Gasteiger partial charge >= 0.3 is 8.56 Å². The van der Waals surface area contributed by atoms with Crippen LogP contribution < -0.4 is 5.19 Å². The van der Waals surface area contributed by atoms with Gasteiger partial charge in [0.2, 0.25) is 8.32 Å². The summed E-state index contributed by atoms with van der Waals surface area (Å²) in [6.07, 6.45) is -0.289. The third-order valence-corrected chi connectivity index (χ3v) is 12.0. The van der Waals surface area contributed by atoms with Crippen LogP contribution in [0.5, 0.6) is 0 Å². The van der Waals surface area contributed by atoms with E-state index < -0.39 is 23.0 Å². The Morgan fingerprint density at radius 2 is 1.77 bits per heavy atom. The molecular formula is C15H28O5Si2. The maximum Gasteiger partial charge on any atom is 0.330 e. The molecule has 0 heterocycles. The quantitative estimate of drug-likeness (QED) is 0.551. The third kappa shape index (κ3) is 5.58. The lowest BCUT2D eigenvalue weighted by atomic mass is 10.4. The lowest BCUT2D eigenvalue weighted by Gasteiger charge is -2.38. The van der Waals surface area contributed by atoms with Crippen LogP contribution in [0.25, 0.3) is 0 Å². The second kappa shape index (κ2) is 8.92. The first-order chi connectivity index (χ1) is 10.4. The zero-order valence-corrected chi connectivity index (χ0v) is 15.7. The Balaban J connectivity index is 2.99. The zero-order valence-electron chi connectivity index (χ0n) is 13.7. The van der Waals surface area contributed by atoms with Crippen molar-refractivity contribution in [2.75, 3.05) is 20.3 Å². The van der Waals surface area contributed by atoms with Gasteiger partial charge in [0.1, 0.15) is 0 Å². The van der Waals surface area contributed by atoms with E-state index in [9.17, 15) is 5.11 Å². The van der Waals surface area contributed by atoms with Crippen LogP contribution in [0, 0.1) is 0 Å². The van der Waals surface area contributed by atoms with Crippen LogP contribution in [0.3, 0.4) is 0 Å². The highest BCUT2D eigenvalue weighted by atomic mass is 28.4. The standard InChI is InChI=1S/C15H28O5Si2/c1-19-22(11-7-10-16,13-14(18)12-17)20-21(2,3)15-8-5-4-6-9-15/h4-6,8-9,14,16-18H,7,10-13H2,1-3H3. The van der Waals surface area contributed by atoms with Gasteiger partial charge in [-0.25, -0.2) is 0 Å². The summed E-state index contributed by atoms with van der Waals surface area (Å²) in [5.74, 6) is 0. The fourth-order valence-electron chi connectivity index (χ4n) is 2.56. The highest BCUT2D eigenvalue weighted by molar-refractivity contribution is 6.91. The van der Waals surface area contributed by atoms with Crippen molar-refractivity contribution in [3.8, 4) is 0 Å². The molecule has 0 amide bonds. The number of rotatable bonds is 10. The fourth-order valence-corrected chi connectivity index (χ4v) is 10.9. The van der Waals surface area contributed by atoms with Crippen molar-refractivity contribution in [2.45, 2.75) is 37.7 Å². The largest absolute Gasteiger partial charge is 0.432 e. The predicted octanol–water partition coefficient (Wildman–Crippen LogP) is 0.939. The van der Waals surface area contributed by atoms with Crippen molar-refractivity contribution >= 4 is 22.1 Å². The third-order valence-electron chi connectivity index (χ3n) is 3.76. The summed E-state index contributed by atoms with van der Waals surface area (Å²) in [6, 6.07) is 10.9. The van der Waals surface area contributed by atoms with Gasteiger partial charge in [0, 0.05) is 19.8 Å². The monoisotopic (exact) mass is 344 g/mol. The van der Waals surface area contributed by atoms with Crippen LogP contribution in [0.2, 0.25) is 25.2 Å². The number of hydrogen-bond acceptors (Lipinski definition) is 5. The van der Waals surface area contributed by atoms with Gasteiger partial charge < -0.3 is 23.9 Å². The molecule has 0 radical (unpaired) electrons. The van der Waals surface area contributed by atoms with E-state index in [1.807, 2.05) is 18.2 Å². The minimum atomic E-state index is -2.70. The summed E-state index contributed by atoms with van der Waals surface area (Å²) in [5.41, 5.74) is 0. The maximum atomic E-state index is 9.87. The van der Waals surface area contributed by atoms with Gasteiger partial charge in [-0.2, -0.15) is 0 Å². The van der Waals surface area contributed by atoms with E-state index in [1.165, 1.54) is 0 Å². The number of aliphatic hydroxyl groups is 3. The number of aliphatic hydroxyl groups excluding tert-OH is 3. The Kier molecular flexibility index (Phi) is 7.91. The highest BCUT2D eigenvalue weighted by Gasteiger charge is 2.44. The van der Waals surface area contributed by atoms with Gasteiger partial charge in [-0.1, -0.05) is 30.3 Å². The summed E-state index contributed by atoms with van der Waals surface area (Å²) < 4.78 is 12.2. The fraction of sp³-hybridized carbons (Fsp3) is 0.600. The molecule has 0 saturated carbocycles. The molecule has 2 unspecified atom stereocenters. The highest BCUT2D eigenvalue weighted by Crippen LogP contribution is 2.26. The Morgan fingerprint density at radius 1 is 1.14 bits per heavy atom. The van der Waals surface area contributed by atoms with Crippen molar-refractivity contribution in [1.29, 1.82) is 0 Å². The van der Waals surface area contributed by atoms with Gasteiger partial charge in [-0.05, 0) is 30.7 Å². The van der Waals surface area contributed by atoms with E-state index in [0.29, 0.717) is 18.5 Å². The van der Waals surface area contributed by atoms with Crippen LogP contribution in [-0.2, 0) is 8.54 Å². The van der Waals surface area contributed by atoms with Crippen LogP contribution in [0.15, 0.2) is 30.3 Å². The molecule has 0 saturated heterocycles. The number of hydrogen-bond donors (Lipinski definition) is 3. The number of benzene rings is 1. The summed E-state index contributed by atoms with van der Waals surface area (Å²) in [4.78, 5) is 0. The van der Waals surface area contributed by atoms with E-state index in [1.54, 1.807) is 7.11 Å². The van der Waals surface area contributed by atoms with E-state index in [-0.39, 0.29) is 13.2 Å². The van der Waals surface area contributed by atoms with E-state index in [0.717, 1.165) is 5.19 Å². The summed E-state index contributed by atoms with van der Waals surface area (Å²) in [6.45, 7) is 3.96. The molecule has 3 N–H and O–H groups in total. The first-order valence-corrected chi connectivity index (χ1v) is 12.7. The molecular weight excluding hydrogens is 316 g/mol. The topological polar surface area (TPSA) is 79.2 Å². The van der Waals surface area contributed by atoms with Gasteiger partial charge in [-0.15, -0.1) is 0 Å². The van der Waals surface area contributed by atoms with Crippen LogP contribution in [-0.4, -0.2) is 58.6 Å². The molecule has 0 fully saturated rings. The molecule has 0 spiro atoms. The van der Waals surface area contributed by atoms with Gasteiger partial charge in [0.15, 0.2) is 0 Å². The molecule has 0 aliphatic rings. The molecule has 5 nitrogen and oxygen atoms in total. The van der Waals surface area contributed by atoms with Crippen LogP contribution >= 0.6 is 0 Å². The molecule has 0 aliphatic carbocycles.